The lowest BCUT2D eigenvalue weighted by Crippen LogP contribution is -2.09. The van der Waals surface area contributed by atoms with Gasteiger partial charge in [0.15, 0.2) is 5.78 Å². The second kappa shape index (κ2) is 3.88. The Morgan fingerprint density at radius 2 is 2.00 bits per heavy atom. The molecule has 2 rings (SSSR count). The first-order valence-electron chi connectivity index (χ1n) is 5.14. The summed E-state index contributed by atoms with van der Waals surface area (Å²) in [7, 11) is 0. The Morgan fingerprint density at radius 1 is 1.33 bits per heavy atom. The predicted molar refractivity (Wildman–Crippen MR) is 54.0 cm³/mol. The van der Waals surface area contributed by atoms with Crippen molar-refractivity contribution in [3.05, 3.63) is 23.5 Å². The van der Waals surface area contributed by atoms with Gasteiger partial charge in [-0.15, -0.1) is 0 Å². The molecule has 4 nitrogen and oxygen atoms in total. The van der Waals surface area contributed by atoms with E-state index in [1.54, 1.807) is 0 Å². The maximum Gasteiger partial charge on any atom is 0.352 e. The SMILES string of the molecule is O=C(O)c1cc(C(=O)C2CCCC2)c[nH]1. The van der Waals surface area contributed by atoms with Crippen molar-refractivity contribution in [2.45, 2.75) is 25.7 Å². The summed E-state index contributed by atoms with van der Waals surface area (Å²) in [5.41, 5.74) is 0.579. The zero-order chi connectivity index (χ0) is 10.8. The van der Waals surface area contributed by atoms with Gasteiger partial charge in [0.25, 0.3) is 0 Å². The fourth-order valence-corrected chi connectivity index (χ4v) is 2.08. The van der Waals surface area contributed by atoms with Crippen LogP contribution in [0.5, 0.6) is 0 Å². The summed E-state index contributed by atoms with van der Waals surface area (Å²) >= 11 is 0. The van der Waals surface area contributed by atoms with Gasteiger partial charge in [-0.2, -0.15) is 0 Å². The molecule has 0 aromatic carbocycles. The third kappa shape index (κ3) is 1.93. The maximum atomic E-state index is 11.9. The Morgan fingerprint density at radius 3 is 2.53 bits per heavy atom. The zero-order valence-electron chi connectivity index (χ0n) is 8.32. The quantitative estimate of drug-likeness (QED) is 0.745. The molecule has 0 saturated heterocycles. The number of carboxylic acids is 1. The van der Waals surface area contributed by atoms with E-state index in [1.165, 1.54) is 12.3 Å². The minimum atomic E-state index is -1.03. The zero-order valence-corrected chi connectivity index (χ0v) is 8.32. The molecule has 0 amide bonds. The number of carbonyl (C=O) groups excluding carboxylic acids is 1. The molecule has 80 valence electrons. The number of Topliss-reactive ketones (excluding diaryl/α,β-unsaturated/α-hetero) is 1. The number of aromatic carboxylic acids is 1. The molecule has 1 aliphatic rings. The van der Waals surface area contributed by atoms with Crippen LogP contribution in [-0.2, 0) is 0 Å². The highest BCUT2D eigenvalue weighted by Gasteiger charge is 2.24. The van der Waals surface area contributed by atoms with E-state index in [-0.39, 0.29) is 17.4 Å². The molecular formula is C11H13NO3. The number of carboxylic acid groups (broad SMARTS) is 1. The molecular weight excluding hydrogens is 194 g/mol. The van der Waals surface area contributed by atoms with Crippen molar-refractivity contribution in [1.82, 2.24) is 4.98 Å². The van der Waals surface area contributed by atoms with Crippen LogP contribution in [0.15, 0.2) is 12.3 Å². The number of hydrogen-bond donors (Lipinski definition) is 2. The predicted octanol–water partition coefficient (Wildman–Crippen LogP) is 2.09. The molecule has 4 heteroatoms. The smallest absolute Gasteiger partial charge is 0.352 e. The second-order valence-corrected chi connectivity index (χ2v) is 3.95. The van der Waals surface area contributed by atoms with Crippen molar-refractivity contribution in [2.24, 2.45) is 5.92 Å². The summed E-state index contributed by atoms with van der Waals surface area (Å²) < 4.78 is 0. The van der Waals surface area contributed by atoms with Gasteiger partial charge in [-0.25, -0.2) is 4.79 Å². The van der Waals surface area contributed by atoms with Crippen molar-refractivity contribution in [3.63, 3.8) is 0 Å². The standard InChI is InChI=1S/C11H13NO3/c13-10(7-3-1-2-4-7)8-5-9(11(14)15)12-6-8/h5-7,12H,1-4H2,(H,14,15). The molecule has 1 saturated carbocycles. The number of H-pyrrole nitrogens is 1. The van der Waals surface area contributed by atoms with Crippen molar-refractivity contribution in [3.8, 4) is 0 Å². The van der Waals surface area contributed by atoms with Crippen molar-refractivity contribution in [2.75, 3.05) is 0 Å². The van der Waals surface area contributed by atoms with E-state index in [9.17, 15) is 9.59 Å². The highest BCUT2D eigenvalue weighted by atomic mass is 16.4. The number of aromatic amines is 1. The molecule has 1 aromatic heterocycles. The van der Waals surface area contributed by atoms with E-state index in [2.05, 4.69) is 4.98 Å². The lowest BCUT2D eigenvalue weighted by Gasteiger charge is -2.04. The average Bonchev–Trinajstić information content (AvgIpc) is 2.88. The molecule has 1 aliphatic carbocycles. The molecule has 1 heterocycles. The Balaban J connectivity index is 2.14. The van der Waals surface area contributed by atoms with Gasteiger partial charge in [-0.3, -0.25) is 4.79 Å². The van der Waals surface area contributed by atoms with Gasteiger partial charge in [0.05, 0.1) is 0 Å². The number of nitrogens with one attached hydrogen (secondary N) is 1. The van der Waals surface area contributed by atoms with E-state index in [0.717, 1.165) is 25.7 Å². The van der Waals surface area contributed by atoms with E-state index in [0.29, 0.717) is 5.56 Å². The van der Waals surface area contributed by atoms with Gasteiger partial charge in [-0.1, -0.05) is 12.8 Å². The van der Waals surface area contributed by atoms with Gasteiger partial charge >= 0.3 is 5.97 Å². The highest BCUT2D eigenvalue weighted by molar-refractivity contribution is 6.00. The van der Waals surface area contributed by atoms with Crippen LogP contribution in [-0.4, -0.2) is 21.8 Å². The van der Waals surface area contributed by atoms with Gasteiger partial charge in [0.2, 0.25) is 0 Å². The third-order valence-corrected chi connectivity index (χ3v) is 2.92. The first-order chi connectivity index (χ1) is 7.18. The topological polar surface area (TPSA) is 70.2 Å². The van der Waals surface area contributed by atoms with Crippen molar-refractivity contribution in [1.29, 1.82) is 0 Å². The van der Waals surface area contributed by atoms with Crippen LogP contribution in [0.1, 0.15) is 46.5 Å². The normalized spacial score (nSPS) is 16.8. The summed E-state index contributed by atoms with van der Waals surface area (Å²) in [6.07, 6.45) is 5.57. The molecule has 0 atom stereocenters. The Kier molecular flexibility index (Phi) is 2.58. The lowest BCUT2D eigenvalue weighted by atomic mass is 9.98. The minimum absolute atomic E-state index is 0.0799. The molecule has 15 heavy (non-hydrogen) atoms. The largest absolute Gasteiger partial charge is 0.477 e. The molecule has 2 N–H and O–H groups in total. The van der Waals surface area contributed by atoms with Crippen LogP contribution < -0.4 is 0 Å². The third-order valence-electron chi connectivity index (χ3n) is 2.92. The van der Waals surface area contributed by atoms with Crippen LogP contribution in [0.4, 0.5) is 0 Å². The number of aromatic nitrogens is 1. The fourth-order valence-electron chi connectivity index (χ4n) is 2.08. The summed E-state index contributed by atoms with van der Waals surface area (Å²) in [6.45, 7) is 0. The van der Waals surface area contributed by atoms with E-state index >= 15 is 0 Å². The Bertz CT molecular complexity index is 388. The van der Waals surface area contributed by atoms with Gasteiger partial charge in [-0.05, 0) is 18.9 Å². The molecule has 0 radical (unpaired) electrons. The summed E-state index contributed by atoms with van der Waals surface area (Å²) in [6, 6.07) is 1.42. The fraction of sp³-hybridized carbons (Fsp3) is 0.455. The van der Waals surface area contributed by atoms with E-state index in [1.807, 2.05) is 0 Å². The molecule has 1 aromatic rings. The Labute approximate surface area is 87.3 Å². The summed E-state index contributed by atoms with van der Waals surface area (Å²) in [5, 5.41) is 8.70. The number of hydrogen-bond acceptors (Lipinski definition) is 2. The average molecular weight is 207 g/mol. The van der Waals surface area contributed by atoms with Crippen LogP contribution >= 0.6 is 0 Å². The van der Waals surface area contributed by atoms with Crippen LogP contribution in [0.25, 0.3) is 0 Å². The number of carbonyl (C=O) groups is 2. The van der Waals surface area contributed by atoms with Gasteiger partial charge < -0.3 is 10.1 Å². The molecule has 0 aliphatic heterocycles. The minimum Gasteiger partial charge on any atom is -0.477 e. The van der Waals surface area contributed by atoms with Crippen molar-refractivity contribution >= 4 is 11.8 Å². The first kappa shape index (κ1) is 9.96. The van der Waals surface area contributed by atoms with Crippen LogP contribution in [0.3, 0.4) is 0 Å². The van der Waals surface area contributed by atoms with Gasteiger partial charge in [0, 0.05) is 17.7 Å². The molecule has 0 bridgehead atoms. The molecule has 0 spiro atoms. The van der Waals surface area contributed by atoms with Crippen molar-refractivity contribution < 1.29 is 14.7 Å². The second-order valence-electron chi connectivity index (χ2n) is 3.95. The molecule has 1 fully saturated rings. The number of ketones is 1. The monoisotopic (exact) mass is 207 g/mol. The van der Waals surface area contributed by atoms with Gasteiger partial charge in [0.1, 0.15) is 5.69 Å². The number of rotatable bonds is 3. The van der Waals surface area contributed by atoms with E-state index in [4.69, 9.17) is 5.11 Å². The van der Waals surface area contributed by atoms with Crippen LogP contribution in [0, 0.1) is 5.92 Å². The summed E-state index contributed by atoms with van der Waals surface area (Å²) in [4.78, 5) is 25.1. The first-order valence-corrected chi connectivity index (χ1v) is 5.14. The Hall–Kier alpha value is -1.58. The lowest BCUT2D eigenvalue weighted by molar-refractivity contribution is 0.0691. The highest BCUT2D eigenvalue weighted by Crippen LogP contribution is 2.28. The van der Waals surface area contributed by atoms with E-state index < -0.39 is 5.97 Å². The maximum absolute atomic E-state index is 11.9. The van der Waals surface area contributed by atoms with Crippen LogP contribution in [0.2, 0.25) is 0 Å². The summed E-state index contributed by atoms with van der Waals surface area (Å²) in [5.74, 6) is -0.848. The molecule has 0 unspecified atom stereocenters.